The molecule has 2 atom stereocenters. The van der Waals surface area contributed by atoms with Crippen LogP contribution in [0.1, 0.15) is 20.3 Å². The summed E-state index contributed by atoms with van der Waals surface area (Å²) in [6.07, 6.45) is 0.836. The molecule has 0 spiro atoms. The number of nitrogens with zero attached hydrogens (tertiary/aromatic N) is 1. The first-order chi connectivity index (χ1) is 9.56. The highest BCUT2D eigenvalue weighted by molar-refractivity contribution is 6.06. The Kier molecular flexibility index (Phi) is 4.27. The smallest absolute Gasteiger partial charge is 0.250 e. The van der Waals surface area contributed by atoms with E-state index in [1.165, 1.54) is 4.90 Å². The summed E-state index contributed by atoms with van der Waals surface area (Å²) in [6.45, 7) is 4.03. The molecule has 0 saturated carbocycles. The third-order valence-electron chi connectivity index (χ3n) is 3.73. The van der Waals surface area contributed by atoms with Crippen LogP contribution in [0.25, 0.3) is 0 Å². The van der Waals surface area contributed by atoms with Crippen LogP contribution in [-0.2, 0) is 9.59 Å². The summed E-state index contributed by atoms with van der Waals surface area (Å²) in [4.78, 5) is 25.9. The van der Waals surface area contributed by atoms with Gasteiger partial charge in [-0.05, 0) is 18.1 Å². The SMILES string of the molecule is CCC(C)C1NC(=O)CN(c2cccc(OC)c2)C1=O. The van der Waals surface area contributed by atoms with Gasteiger partial charge >= 0.3 is 0 Å². The zero-order valence-electron chi connectivity index (χ0n) is 12.1. The van der Waals surface area contributed by atoms with Crippen LogP contribution < -0.4 is 15.0 Å². The highest BCUT2D eigenvalue weighted by atomic mass is 16.5. The first kappa shape index (κ1) is 14.4. The largest absolute Gasteiger partial charge is 0.497 e. The van der Waals surface area contributed by atoms with E-state index in [0.29, 0.717) is 11.4 Å². The Hall–Kier alpha value is -2.04. The van der Waals surface area contributed by atoms with Gasteiger partial charge in [-0.25, -0.2) is 0 Å². The summed E-state index contributed by atoms with van der Waals surface area (Å²) in [5.41, 5.74) is 0.692. The van der Waals surface area contributed by atoms with Crippen molar-refractivity contribution in [2.24, 2.45) is 5.92 Å². The van der Waals surface area contributed by atoms with Gasteiger partial charge in [-0.3, -0.25) is 9.59 Å². The maximum atomic E-state index is 12.5. The average molecular weight is 276 g/mol. The molecule has 0 aromatic heterocycles. The van der Waals surface area contributed by atoms with Gasteiger partial charge in [-0.1, -0.05) is 26.3 Å². The quantitative estimate of drug-likeness (QED) is 0.908. The molecule has 2 unspecified atom stereocenters. The fourth-order valence-corrected chi connectivity index (χ4v) is 2.29. The summed E-state index contributed by atoms with van der Waals surface area (Å²) in [5.74, 6) is 0.589. The van der Waals surface area contributed by atoms with Crippen LogP contribution in [-0.4, -0.2) is 31.5 Å². The molecule has 1 aliphatic heterocycles. The number of anilines is 1. The minimum absolute atomic E-state index is 0.0545. The second-order valence-electron chi connectivity index (χ2n) is 5.06. The van der Waals surface area contributed by atoms with Crippen molar-refractivity contribution in [1.82, 2.24) is 5.32 Å². The van der Waals surface area contributed by atoms with Gasteiger partial charge in [-0.15, -0.1) is 0 Å². The Balaban J connectivity index is 2.29. The van der Waals surface area contributed by atoms with E-state index in [0.717, 1.165) is 6.42 Å². The highest BCUT2D eigenvalue weighted by Gasteiger charge is 2.36. The number of ether oxygens (including phenoxy) is 1. The Labute approximate surface area is 118 Å². The molecular formula is C15H20N2O3. The predicted octanol–water partition coefficient (Wildman–Crippen LogP) is 1.57. The first-order valence-corrected chi connectivity index (χ1v) is 6.81. The number of methoxy groups -OCH3 is 1. The number of hydrogen-bond donors (Lipinski definition) is 1. The van der Waals surface area contributed by atoms with Gasteiger partial charge in [0.1, 0.15) is 18.3 Å². The predicted molar refractivity (Wildman–Crippen MR) is 76.7 cm³/mol. The van der Waals surface area contributed by atoms with Crippen molar-refractivity contribution in [3.8, 4) is 5.75 Å². The van der Waals surface area contributed by atoms with Crippen LogP contribution in [0.4, 0.5) is 5.69 Å². The second kappa shape index (κ2) is 5.94. The molecule has 0 aliphatic carbocycles. The van der Waals surface area contributed by atoms with E-state index in [-0.39, 0.29) is 24.3 Å². The number of benzene rings is 1. The van der Waals surface area contributed by atoms with Crippen molar-refractivity contribution >= 4 is 17.5 Å². The van der Waals surface area contributed by atoms with E-state index in [1.54, 1.807) is 13.2 Å². The van der Waals surface area contributed by atoms with E-state index in [9.17, 15) is 9.59 Å². The van der Waals surface area contributed by atoms with E-state index in [2.05, 4.69) is 5.32 Å². The van der Waals surface area contributed by atoms with Crippen molar-refractivity contribution in [1.29, 1.82) is 0 Å². The molecule has 1 aliphatic rings. The summed E-state index contributed by atoms with van der Waals surface area (Å²) in [6, 6.07) is 6.75. The third-order valence-corrected chi connectivity index (χ3v) is 3.73. The Morgan fingerprint density at radius 3 is 2.85 bits per heavy atom. The number of carbonyl (C=O) groups excluding carboxylic acids is 2. The lowest BCUT2D eigenvalue weighted by Gasteiger charge is -2.35. The lowest BCUT2D eigenvalue weighted by Crippen LogP contribution is -2.60. The first-order valence-electron chi connectivity index (χ1n) is 6.81. The van der Waals surface area contributed by atoms with Crippen LogP contribution in [0.15, 0.2) is 24.3 Å². The maximum Gasteiger partial charge on any atom is 0.250 e. The molecule has 2 amide bonds. The van der Waals surface area contributed by atoms with Gasteiger partial charge in [0.2, 0.25) is 11.8 Å². The normalized spacial score (nSPS) is 20.6. The Morgan fingerprint density at radius 1 is 1.45 bits per heavy atom. The Bertz CT molecular complexity index is 516. The van der Waals surface area contributed by atoms with Crippen LogP contribution in [0, 0.1) is 5.92 Å². The molecule has 5 heteroatoms. The summed E-state index contributed by atoms with van der Waals surface area (Å²) in [5, 5.41) is 2.78. The summed E-state index contributed by atoms with van der Waals surface area (Å²) >= 11 is 0. The number of amides is 2. The highest BCUT2D eigenvalue weighted by Crippen LogP contribution is 2.24. The number of nitrogens with one attached hydrogen (secondary N) is 1. The third kappa shape index (κ3) is 2.76. The lowest BCUT2D eigenvalue weighted by molar-refractivity contribution is -0.132. The second-order valence-corrected chi connectivity index (χ2v) is 5.06. The number of rotatable bonds is 4. The number of hydrogen-bond acceptors (Lipinski definition) is 3. The van der Waals surface area contributed by atoms with Crippen molar-refractivity contribution in [2.75, 3.05) is 18.6 Å². The molecular weight excluding hydrogens is 256 g/mol. The van der Waals surface area contributed by atoms with Crippen molar-refractivity contribution in [2.45, 2.75) is 26.3 Å². The molecule has 5 nitrogen and oxygen atoms in total. The van der Waals surface area contributed by atoms with Gasteiger partial charge in [-0.2, -0.15) is 0 Å². The zero-order chi connectivity index (χ0) is 14.7. The molecule has 1 saturated heterocycles. The summed E-state index contributed by atoms with van der Waals surface area (Å²) < 4.78 is 5.16. The molecule has 1 N–H and O–H groups in total. The molecule has 1 aromatic rings. The molecule has 0 bridgehead atoms. The fraction of sp³-hybridized carbons (Fsp3) is 0.467. The van der Waals surface area contributed by atoms with E-state index in [1.807, 2.05) is 32.0 Å². The van der Waals surface area contributed by atoms with Crippen LogP contribution in [0.2, 0.25) is 0 Å². The van der Waals surface area contributed by atoms with Gasteiger partial charge < -0.3 is 15.0 Å². The molecule has 1 fully saturated rings. The maximum absolute atomic E-state index is 12.5. The van der Waals surface area contributed by atoms with Gasteiger partial charge in [0.05, 0.1) is 7.11 Å². The van der Waals surface area contributed by atoms with Crippen LogP contribution in [0.5, 0.6) is 5.75 Å². The number of carbonyl (C=O) groups is 2. The van der Waals surface area contributed by atoms with Crippen molar-refractivity contribution in [3.63, 3.8) is 0 Å². The average Bonchev–Trinajstić information content (AvgIpc) is 2.48. The van der Waals surface area contributed by atoms with Gasteiger partial charge in [0, 0.05) is 11.8 Å². The minimum Gasteiger partial charge on any atom is -0.497 e. The van der Waals surface area contributed by atoms with Gasteiger partial charge in [0.15, 0.2) is 0 Å². The van der Waals surface area contributed by atoms with Crippen molar-refractivity contribution in [3.05, 3.63) is 24.3 Å². The molecule has 1 aromatic carbocycles. The van der Waals surface area contributed by atoms with Gasteiger partial charge in [0.25, 0.3) is 0 Å². The molecule has 2 rings (SSSR count). The minimum atomic E-state index is -0.451. The van der Waals surface area contributed by atoms with Crippen LogP contribution in [0.3, 0.4) is 0 Å². The monoisotopic (exact) mass is 276 g/mol. The summed E-state index contributed by atoms with van der Waals surface area (Å²) in [7, 11) is 1.58. The Morgan fingerprint density at radius 2 is 2.20 bits per heavy atom. The van der Waals surface area contributed by atoms with Crippen LogP contribution >= 0.6 is 0 Å². The zero-order valence-corrected chi connectivity index (χ0v) is 12.1. The molecule has 0 radical (unpaired) electrons. The topological polar surface area (TPSA) is 58.6 Å². The van der Waals surface area contributed by atoms with E-state index >= 15 is 0 Å². The standard InChI is InChI=1S/C15H20N2O3/c1-4-10(2)14-15(19)17(9-13(18)16-14)11-6-5-7-12(8-11)20-3/h5-8,10,14H,4,9H2,1-3H3,(H,16,18). The number of piperazine rings is 1. The van der Waals surface area contributed by atoms with Crippen molar-refractivity contribution < 1.29 is 14.3 Å². The van der Waals surface area contributed by atoms with E-state index < -0.39 is 6.04 Å². The van der Waals surface area contributed by atoms with E-state index in [4.69, 9.17) is 4.74 Å². The fourth-order valence-electron chi connectivity index (χ4n) is 2.29. The molecule has 20 heavy (non-hydrogen) atoms. The molecule has 108 valence electrons. The molecule has 1 heterocycles. The lowest BCUT2D eigenvalue weighted by atomic mass is 9.96.